The summed E-state index contributed by atoms with van der Waals surface area (Å²) in [7, 11) is 0. The molecule has 1 aliphatic rings. The van der Waals surface area contributed by atoms with Crippen molar-refractivity contribution in [1.29, 1.82) is 5.26 Å². The second-order valence-corrected chi connectivity index (χ2v) is 12.9. The van der Waals surface area contributed by atoms with Crippen LogP contribution in [0.3, 0.4) is 0 Å². The minimum absolute atomic E-state index is 0.00183. The van der Waals surface area contributed by atoms with Crippen LogP contribution in [0, 0.1) is 31.6 Å². The Bertz CT molecular complexity index is 2440. The molecule has 0 unspecified atom stereocenters. The van der Waals surface area contributed by atoms with E-state index in [2.05, 4.69) is 15.9 Å². The third-order valence-corrected chi connectivity index (χ3v) is 9.73. The standard InChI is InChI=1S/C39H33N7O7/c40-23-25-4-14-34-32(21-25)28(24-44(34)39(48)27-7-11-30(12-8-27)46(51)52)3-1-2-16-42-17-19-43(20-18-42)31-13-15-35-33(22-31)36(37(53-35)38(41)47)26-5-9-29(10-6-26)45(49)50/h4-15,21-22,24H,1-3,16-20H2,(H2,41,47). The van der Waals surface area contributed by atoms with Gasteiger partial charge in [0.1, 0.15) is 5.58 Å². The molecule has 2 aromatic heterocycles. The van der Waals surface area contributed by atoms with Crippen LogP contribution in [0.15, 0.2) is 95.5 Å². The van der Waals surface area contributed by atoms with E-state index in [1.807, 2.05) is 24.4 Å². The van der Waals surface area contributed by atoms with Crippen LogP contribution in [0.2, 0.25) is 0 Å². The number of nitriles is 1. The number of piperazine rings is 1. The van der Waals surface area contributed by atoms with Gasteiger partial charge in [-0.15, -0.1) is 0 Å². The molecular weight excluding hydrogens is 678 g/mol. The predicted octanol–water partition coefficient (Wildman–Crippen LogP) is 6.67. The number of fused-ring (bicyclic) bond motifs is 2. The first kappa shape index (κ1) is 34.6. The van der Waals surface area contributed by atoms with Crippen molar-refractivity contribution < 1.29 is 23.9 Å². The highest BCUT2D eigenvalue weighted by molar-refractivity contribution is 6.08. The summed E-state index contributed by atoms with van der Waals surface area (Å²) < 4.78 is 7.38. The molecule has 0 aliphatic carbocycles. The largest absolute Gasteiger partial charge is 0.450 e. The lowest BCUT2D eigenvalue weighted by Crippen LogP contribution is -2.46. The van der Waals surface area contributed by atoms with E-state index in [0.717, 1.165) is 62.2 Å². The number of aromatic nitrogens is 1. The van der Waals surface area contributed by atoms with Gasteiger partial charge >= 0.3 is 0 Å². The fourth-order valence-electron chi connectivity index (χ4n) is 6.97. The van der Waals surface area contributed by atoms with Gasteiger partial charge in [-0.3, -0.25) is 39.3 Å². The van der Waals surface area contributed by atoms with Crippen LogP contribution < -0.4 is 10.6 Å². The Morgan fingerprint density at radius 1 is 0.830 bits per heavy atom. The van der Waals surface area contributed by atoms with Crippen LogP contribution in [0.4, 0.5) is 17.1 Å². The number of nitrogens with two attached hydrogens (primary N) is 1. The summed E-state index contributed by atoms with van der Waals surface area (Å²) in [6, 6.07) is 24.6. The lowest BCUT2D eigenvalue weighted by Gasteiger charge is -2.36. The summed E-state index contributed by atoms with van der Waals surface area (Å²) in [5.74, 6) is -1.03. The number of hydrogen-bond donors (Lipinski definition) is 1. The molecule has 0 radical (unpaired) electrons. The summed E-state index contributed by atoms with van der Waals surface area (Å²) in [5, 5.41) is 33.3. The van der Waals surface area contributed by atoms with Crippen LogP contribution in [0.25, 0.3) is 33.0 Å². The van der Waals surface area contributed by atoms with Gasteiger partial charge in [0.2, 0.25) is 0 Å². The van der Waals surface area contributed by atoms with Crippen LogP contribution in [-0.2, 0) is 6.42 Å². The van der Waals surface area contributed by atoms with E-state index in [0.29, 0.717) is 45.2 Å². The second-order valence-electron chi connectivity index (χ2n) is 12.9. The van der Waals surface area contributed by atoms with Crippen molar-refractivity contribution in [3.05, 3.63) is 134 Å². The van der Waals surface area contributed by atoms with Gasteiger partial charge in [0.15, 0.2) is 5.76 Å². The number of aryl methyl sites for hydroxylation is 1. The van der Waals surface area contributed by atoms with Gasteiger partial charge in [-0.2, -0.15) is 5.26 Å². The van der Waals surface area contributed by atoms with Gasteiger partial charge in [0, 0.05) is 84.2 Å². The number of benzene rings is 4. The average molecular weight is 712 g/mol. The van der Waals surface area contributed by atoms with Crippen LogP contribution >= 0.6 is 0 Å². The molecule has 266 valence electrons. The number of amides is 1. The molecule has 14 heteroatoms. The van der Waals surface area contributed by atoms with Gasteiger partial charge in [-0.25, -0.2) is 0 Å². The maximum Gasteiger partial charge on any atom is 0.285 e. The number of primary amides is 1. The number of nitro groups is 2. The number of furan rings is 1. The van der Waals surface area contributed by atoms with Crippen molar-refractivity contribution in [2.75, 3.05) is 37.6 Å². The number of anilines is 1. The Kier molecular flexibility index (Phi) is 9.41. The molecule has 3 heterocycles. The number of rotatable bonds is 11. The van der Waals surface area contributed by atoms with Crippen molar-refractivity contribution in [3.63, 3.8) is 0 Å². The topological polar surface area (TPSA) is 195 Å². The summed E-state index contributed by atoms with van der Waals surface area (Å²) in [4.78, 5) is 51.7. The maximum atomic E-state index is 13.5. The van der Waals surface area contributed by atoms with Crippen molar-refractivity contribution >= 4 is 50.7 Å². The minimum Gasteiger partial charge on any atom is -0.450 e. The van der Waals surface area contributed by atoms with Gasteiger partial charge in [-0.1, -0.05) is 0 Å². The highest BCUT2D eigenvalue weighted by atomic mass is 16.6. The Morgan fingerprint density at radius 3 is 2.15 bits per heavy atom. The lowest BCUT2D eigenvalue weighted by molar-refractivity contribution is -0.385. The van der Waals surface area contributed by atoms with E-state index in [1.165, 1.54) is 36.4 Å². The van der Waals surface area contributed by atoms with E-state index in [-0.39, 0.29) is 23.0 Å². The quantitative estimate of drug-likeness (QED) is 0.0861. The van der Waals surface area contributed by atoms with Gasteiger partial charge in [0.05, 0.1) is 27.0 Å². The number of carbonyl (C=O) groups excluding carboxylic acids is 2. The molecule has 1 aliphatic heterocycles. The van der Waals surface area contributed by atoms with Crippen LogP contribution in [0.5, 0.6) is 0 Å². The Morgan fingerprint density at radius 2 is 1.51 bits per heavy atom. The van der Waals surface area contributed by atoms with E-state index >= 15 is 0 Å². The van der Waals surface area contributed by atoms with E-state index in [1.54, 1.807) is 34.9 Å². The highest BCUT2D eigenvalue weighted by Gasteiger charge is 2.24. The van der Waals surface area contributed by atoms with E-state index in [4.69, 9.17) is 10.2 Å². The third kappa shape index (κ3) is 6.93. The number of nitro benzene ring substituents is 2. The summed E-state index contributed by atoms with van der Waals surface area (Å²) in [6.07, 6.45) is 4.31. The van der Waals surface area contributed by atoms with Crippen molar-refractivity contribution in [2.24, 2.45) is 5.73 Å². The predicted molar refractivity (Wildman–Crippen MR) is 198 cm³/mol. The number of carbonyl (C=O) groups is 2. The van der Waals surface area contributed by atoms with Gasteiger partial charge < -0.3 is 15.1 Å². The molecule has 0 atom stereocenters. The molecule has 53 heavy (non-hydrogen) atoms. The van der Waals surface area contributed by atoms with Crippen molar-refractivity contribution in [2.45, 2.75) is 19.3 Å². The first-order valence-corrected chi connectivity index (χ1v) is 17.0. The molecule has 1 fully saturated rings. The summed E-state index contributed by atoms with van der Waals surface area (Å²) in [5.41, 5.74) is 10.5. The zero-order valence-corrected chi connectivity index (χ0v) is 28.4. The number of hydrogen-bond acceptors (Lipinski definition) is 10. The van der Waals surface area contributed by atoms with Crippen molar-refractivity contribution in [1.82, 2.24) is 9.47 Å². The zero-order chi connectivity index (χ0) is 37.2. The first-order chi connectivity index (χ1) is 25.6. The third-order valence-electron chi connectivity index (χ3n) is 9.73. The molecule has 1 saturated heterocycles. The minimum atomic E-state index is -0.724. The molecule has 6 aromatic rings. The maximum absolute atomic E-state index is 13.5. The summed E-state index contributed by atoms with van der Waals surface area (Å²) >= 11 is 0. The first-order valence-electron chi connectivity index (χ1n) is 17.0. The number of nitrogens with zero attached hydrogens (tertiary/aromatic N) is 6. The molecule has 7 rings (SSSR count). The lowest BCUT2D eigenvalue weighted by atomic mass is 10.0. The fraction of sp³-hybridized carbons (Fsp3) is 0.205. The monoisotopic (exact) mass is 711 g/mol. The van der Waals surface area contributed by atoms with Gasteiger partial charge in [-0.05, 0) is 97.6 Å². The molecular formula is C39H33N7O7. The Balaban J connectivity index is 0.994. The fourth-order valence-corrected chi connectivity index (χ4v) is 6.97. The van der Waals surface area contributed by atoms with Gasteiger partial charge in [0.25, 0.3) is 23.2 Å². The molecule has 4 aromatic carbocycles. The van der Waals surface area contributed by atoms with Crippen LogP contribution in [-0.4, -0.2) is 63.9 Å². The van der Waals surface area contributed by atoms with Crippen molar-refractivity contribution in [3.8, 4) is 17.2 Å². The SMILES string of the molecule is N#Cc1ccc2c(c1)c(CCCCN1CCN(c3ccc4oc(C(N)=O)c(-c5ccc([N+](=O)[O-])cc5)c4c3)CC1)cn2C(=O)c1ccc([N+](=O)[O-])cc1. The molecule has 0 saturated carbocycles. The molecule has 2 N–H and O–H groups in total. The Hall–Kier alpha value is -6.85. The molecule has 1 amide bonds. The summed E-state index contributed by atoms with van der Waals surface area (Å²) in [6.45, 7) is 4.16. The van der Waals surface area contributed by atoms with E-state index < -0.39 is 15.8 Å². The number of unbranched alkanes of at least 4 members (excludes halogenated alkanes) is 1. The molecule has 14 nitrogen and oxygen atoms in total. The highest BCUT2D eigenvalue weighted by Crippen LogP contribution is 2.38. The number of non-ortho nitro benzene ring substituents is 2. The molecule has 0 spiro atoms. The smallest absolute Gasteiger partial charge is 0.285 e. The Labute approximate surface area is 302 Å². The normalized spacial score (nSPS) is 13.3. The zero-order valence-electron chi connectivity index (χ0n) is 28.4. The molecule has 0 bridgehead atoms. The average Bonchev–Trinajstić information content (AvgIpc) is 3.75. The van der Waals surface area contributed by atoms with Crippen LogP contribution in [0.1, 0.15) is 44.9 Å². The second kappa shape index (κ2) is 14.4. The van der Waals surface area contributed by atoms with E-state index in [9.17, 15) is 35.1 Å².